The third-order valence-electron chi connectivity index (χ3n) is 3.87. The van der Waals surface area contributed by atoms with Gasteiger partial charge in [0.25, 0.3) is 0 Å². The fourth-order valence-electron chi connectivity index (χ4n) is 2.53. The Hall–Kier alpha value is -0.860. The van der Waals surface area contributed by atoms with E-state index in [2.05, 4.69) is 43.4 Å². The van der Waals surface area contributed by atoms with Crippen LogP contribution in [0.3, 0.4) is 0 Å². The van der Waals surface area contributed by atoms with Crippen LogP contribution in [0, 0.1) is 18.8 Å². The Balaban J connectivity index is 1.79. The minimum Gasteiger partial charge on any atom is -0.381 e. The zero-order chi connectivity index (χ0) is 14.2. The second-order valence-corrected chi connectivity index (χ2v) is 6.24. The van der Waals surface area contributed by atoms with Crippen molar-refractivity contribution < 1.29 is 4.74 Å². The lowest BCUT2D eigenvalue weighted by Gasteiger charge is -2.18. The van der Waals surface area contributed by atoms with Crippen molar-refractivity contribution in [3.05, 3.63) is 35.4 Å². The summed E-state index contributed by atoms with van der Waals surface area (Å²) in [7, 11) is 0. The first kappa shape index (κ1) is 15.5. The first-order valence-electron chi connectivity index (χ1n) is 8.12. The molecule has 20 heavy (non-hydrogen) atoms. The van der Waals surface area contributed by atoms with E-state index in [9.17, 15) is 0 Å². The summed E-state index contributed by atoms with van der Waals surface area (Å²) in [5, 5.41) is 3.54. The molecule has 1 atom stereocenters. The van der Waals surface area contributed by atoms with Crippen molar-refractivity contribution in [1.29, 1.82) is 0 Å². The Morgan fingerprint density at radius 1 is 1.35 bits per heavy atom. The summed E-state index contributed by atoms with van der Waals surface area (Å²) in [6, 6.07) is 8.86. The van der Waals surface area contributed by atoms with Crippen LogP contribution in [0.25, 0.3) is 0 Å². The lowest BCUT2D eigenvalue weighted by molar-refractivity contribution is 0.0907. The molecule has 1 fully saturated rings. The van der Waals surface area contributed by atoms with Crippen LogP contribution < -0.4 is 5.32 Å². The third-order valence-corrected chi connectivity index (χ3v) is 3.87. The van der Waals surface area contributed by atoms with Gasteiger partial charge < -0.3 is 10.1 Å². The highest BCUT2D eigenvalue weighted by molar-refractivity contribution is 5.22. The smallest absolute Gasteiger partial charge is 0.0509 e. The van der Waals surface area contributed by atoms with Crippen LogP contribution in [-0.4, -0.2) is 26.3 Å². The topological polar surface area (TPSA) is 21.3 Å². The van der Waals surface area contributed by atoms with Crippen molar-refractivity contribution in [3.63, 3.8) is 0 Å². The first-order valence-corrected chi connectivity index (χ1v) is 8.12. The SMILES string of the molecule is CCCNCC(COCC1CC1)Cc1cccc(C)c1. The molecule has 0 aromatic heterocycles. The van der Waals surface area contributed by atoms with Crippen molar-refractivity contribution in [1.82, 2.24) is 5.32 Å². The van der Waals surface area contributed by atoms with Gasteiger partial charge in [0.2, 0.25) is 0 Å². The van der Waals surface area contributed by atoms with E-state index >= 15 is 0 Å². The zero-order valence-electron chi connectivity index (χ0n) is 13.0. The van der Waals surface area contributed by atoms with E-state index in [1.807, 2.05) is 0 Å². The normalized spacial score (nSPS) is 16.3. The van der Waals surface area contributed by atoms with E-state index in [0.29, 0.717) is 5.92 Å². The quantitative estimate of drug-likeness (QED) is 0.659. The number of ether oxygens (including phenoxy) is 1. The molecule has 2 heteroatoms. The van der Waals surface area contributed by atoms with Gasteiger partial charge in [-0.3, -0.25) is 0 Å². The maximum absolute atomic E-state index is 5.91. The number of hydrogen-bond acceptors (Lipinski definition) is 2. The number of nitrogens with one attached hydrogen (secondary N) is 1. The second-order valence-electron chi connectivity index (χ2n) is 6.24. The zero-order valence-corrected chi connectivity index (χ0v) is 13.0. The highest BCUT2D eigenvalue weighted by Gasteiger charge is 2.21. The van der Waals surface area contributed by atoms with Gasteiger partial charge in [-0.05, 0) is 56.6 Å². The molecule has 1 saturated carbocycles. The van der Waals surface area contributed by atoms with Gasteiger partial charge in [-0.15, -0.1) is 0 Å². The number of benzene rings is 1. The molecule has 2 nitrogen and oxygen atoms in total. The van der Waals surface area contributed by atoms with Crippen molar-refractivity contribution >= 4 is 0 Å². The van der Waals surface area contributed by atoms with Gasteiger partial charge in [-0.1, -0.05) is 36.8 Å². The lowest BCUT2D eigenvalue weighted by atomic mass is 9.98. The van der Waals surface area contributed by atoms with E-state index in [4.69, 9.17) is 4.74 Å². The van der Waals surface area contributed by atoms with Gasteiger partial charge >= 0.3 is 0 Å². The van der Waals surface area contributed by atoms with E-state index in [0.717, 1.165) is 38.6 Å². The molecule has 1 aliphatic rings. The molecule has 112 valence electrons. The van der Waals surface area contributed by atoms with Crippen LogP contribution in [0.4, 0.5) is 0 Å². The highest BCUT2D eigenvalue weighted by atomic mass is 16.5. The highest BCUT2D eigenvalue weighted by Crippen LogP contribution is 2.29. The summed E-state index contributed by atoms with van der Waals surface area (Å²) in [5.41, 5.74) is 2.78. The molecule has 0 bridgehead atoms. The molecule has 0 spiro atoms. The standard InChI is InChI=1S/C18H29NO/c1-3-9-19-12-18(14-20-13-16-7-8-16)11-17-6-4-5-15(2)10-17/h4-6,10,16,18-19H,3,7-9,11-14H2,1-2H3. The van der Waals surface area contributed by atoms with Crippen LogP contribution in [0.15, 0.2) is 24.3 Å². The largest absolute Gasteiger partial charge is 0.381 e. The predicted octanol–water partition coefficient (Wildman–Crippen LogP) is 3.58. The van der Waals surface area contributed by atoms with Gasteiger partial charge in [0, 0.05) is 13.2 Å². The molecule has 2 rings (SSSR count). The Bertz CT molecular complexity index is 387. The molecule has 1 aromatic rings. The van der Waals surface area contributed by atoms with E-state index in [1.165, 1.54) is 30.4 Å². The average molecular weight is 275 g/mol. The molecule has 0 heterocycles. The molecule has 1 unspecified atom stereocenters. The number of rotatable bonds is 10. The van der Waals surface area contributed by atoms with Crippen molar-refractivity contribution in [3.8, 4) is 0 Å². The minimum atomic E-state index is 0.585. The molecular weight excluding hydrogens is 246 g/mol. The van der Waals surface area contributed by atoms with Gasteiger partial charge in [0.1, 0.15) is 0 Å². The summed E-state index contributed by atoms with van der Waals surface area (Å²) in [6.07, 6.45) is 5.05. The van der Waals surface area contributed by atoms with Gasteiger partial charge in [-0.2, -0.15) is 0 Å². The summed E-state index contributed by atoms with van der Waals surface area (Å²) in [5.74, 6) is 1.44. The Morgan fingerprint density at radius 2 is 2.20 bits per heavy atom. The molecule has 1 aliphatic carbocycles. The van der Waals surface area contributed by atoms with E-state index < -0.39 is 0 Å². The summed E-state index contributed by atoms with van der Waals surface area (Å²) >= 11 is 0. The van der Waals surface area contributed by atoms with Crippen LogP contribution in [0.1, 0.15) is 37.3 Å². The average Bonchev–Trinajstić information content (AvgIpc) is 3.23. The predicted molar refractivity (Wildman–Crippen MR) is 85.1 cm³/mol. The van der Waals surface area contributed by atoms with E-state index in [-0.39, 0.29) is 0 Å². The number of aryl methyl sites for hydroxylation is 1. The van der Waals surface area contributed by atoms with Crippen molar-refractivity contribution in [2.45, 2.75) is 39.5 Å². The Kier molecular flexibility index (Phi) is 6.55. The molecule has 1 N–H and O–H groups in total. The first-order chi connectivity index (χ1) is 9.78. The number of hydrogen-bond donors (Lipinski definition) is 1. The van der Waals surface area contributed by atoms with Crippen molar-refractivity contribution in [2.24, 2.45) is 11.8 Å². The van der Waals surface area contributed by atoms with Gasteiger partial charge in [0.05, 0.1) is 6.61 Å². The third kappa shape index (κ3) is 6.06. The van der Waals surface area contributed by atoms with Gasteiger partial charge in [0.15, 0.2) is 0 Å². The van der Waals surface area contributed by atoms with Crippen LogP contribution >= 0.6 is 0 Å². The van der Waals surface area contributed by atoms with Crippen LogP contribution in [0.2, 0.25) is 0 Å². The molecule has 0 saturated heterocycles. The Labute approximate surface area is 123 Å². The fraction of sp³-hybridized carbons (Fsp3) is 0.667. The Morgan fingerprint density at radius 3 is 2.90 bits per heavy atom. The van der Waals surface area contributed by atoms with Gasteiger partial charge in [-0.25, -0.2) is 0 Å². The monoisotopic (exact) mass is 275 g/mol. The second kappa shape index (κ2) is 8.43. The fourth-order valence-corrected chi connectivity index (χ4v) is 2.53. The molecule has 0 amide bonds. The maximum Gasteiger partial charge on any atom is 0.0509 e. The summed E-state index contributed by atoms with van der Waals surface area (Å²) in [6.45, 7) is 8.40. The molecular formula is C18H29NO. The van der Waals surface area contributed by atoms with Crippen molar-refractivity contribution in [2.75, 3.05) is 26.3 Å². The van der Waals surface area contributed by atoms with E-state index in [1.54, 1.807) is 0 Å². The van der Waals surface area contributed by atoms with Crippen LogP contribution in [-0.2, 0) is 11.2 Å². The summed E-state index contributed by atoms with van der Waals surface area (Å²) in [4.78, 5) is 0. The lowest BCUT2D eigenvalue weighted by Crippen LogP contribution is -2.28. The molecule has 1 aromatic carbocycles. The van der Waals surface area contributed by atoms with Crippen LogP contribution in [0.5, 0.6) is 0 Å². The molecule has 0 aliphatic heterocycles. The summed E-state index contributed by atoms with van der Waals surface area (Å²) < 4.78 is 5.91. The minimum absolute atomic E-state index is 0.585. The molecule has 0 radical (unpaired) electrons. The maximum atomic E-state index is 5.91.